The molecule has 1 N–H and O–H groups in total. The third-order valence-electron chi connectivity index (χ3n) is 5.63. The molecule has 0 saturated heterocycles. The van der Waals surface area contributed by atoms with E-state index in [1.54, 1.807) is 30.8 Å². The second-order valence-corrected chi connectivity index (χ2v) is 10.0. The number of aryl methyl sites for hydroxylation is 1. The molecule has 2 atom stereocenters. The van der Waals surface area contributed by atoms with Crippen molar-refractivity contribution in [3.63, 3.8) is 0 Å². The number of methoxy groups -OCH3 is 2. The average Bonchev–Trinajstić information content (AvgIpc) is 3.58. The van der Waals surface area contributed by atoms with Gasteiger partial charge < -0.3 is 9.47 Å². The molecule has 12 nitrogen and oxygen atoms in total. The Morgan fingerprint density at radius 1 is 1.03 bits per heavy atom. The second kappa shape index (κ2) is 8.89. The fraction of sp³-hybridized carbons (Fsp3) is 0.500. The van der Waals surface area contributed by atoms with Crippen LogP contribution in [0, 0.1) is 6.92 Å². The first-order valence-corrected chi connectivity index (χ1v) is 12.0. The molecule has 0 aromatic carbocycles. The Morgan fingerprint density at radius 3 is 2.18 bits per heavy atom. The summed E-state index contributed by atoms with van der Waals surface area (Å²) in [6.45, 7) is 5.24. The lowest BCUT2D eigenvalue weighted by atomic mass is 10.1. The van der Waals surface area contributed by atoms with Crippen LogP contribution in [0.3, 0.4) is 0 Å². The summed E-state index contributed by atoms with van der Waals surface area (Å²) in [4.78, 5) is 16.9. The largest absolute Gasteiger partial charge is 0.479 e. The van der Waals surface area contributed by atoms with E-state index in [1.165, 1.54) is 20.5 Å². The van der Waals surface area contributed by atoms with Gasteiger partial charge in [0.2, 0.25) is 27.7 Å². The highest BCUT2D eigenvalue weighted by Gasteiger charge is 2.36. The molecule has 2 unspecified atom stereocenters. The topological polar surface area (TPSA) is 147 Å². The van der Waals surface area contributed by atoms with E-state index in [4.69, 9.17) is 9.47 Å². The summed E-state index contributed by atoms with van der Waals surface area (Å²) in [5.74, 6) is 1.12. The van der Waals surface area contributed by atoms with Gasteiger partial charge in [-0.2, -0.15) is 9.97 Å². The van der Waals surface area contributed by atoms with Crippen molar-refractivity contribution in [2.45, 2.75) is 50.7 Å². The van der Waals surface area contributed by atoms with Crippen molar-refractivity contribution in [1.29, 1.82) is 0 Å². The Labute approximate surface area is 191 Å². The molecule has 4 rings (SSSR count). The maximum atomic E-state index is 13.3. The first-order chi connectivity index (χ1) is 15.8. The van der Waals surface area contributed by atoms with Crippen molar-refractivity contribution in [3.05, 3.63) is 35.9 Å². The van der Waals surface area contributed by atoms with Gasteiger partial charge in [-0.3, -0.25) is 9.29 Å². The van der Waals surface area contributed by atoms with Crippen molar-refractivity contribution < 1.29 is 17.9 Å². The first kappa shape index (κ1) is 22.8. The molecular weight excluding hydrogens is 448 g/mol. The van der Waals surface area contributed by atoms with E-state index >= 15 is 0 Å². The maximum absolute atomic E-state index is 13.3. The summed E-state index contributed by atoms with van der Waals surface area (Å²) in [5.41, 5.74) is 1.22. The smallest absolute Gasteiger partial charge is 0.245 e. The van der Waals surface area contributed by atoms with Crippen molar-refractivity contribution in [2.75, 3.05) is 18.9 Å². The molecule has 176 valence electrons. The number of sulfonamides is 1. The quantitative estimate of drug-likeness (QED) is 0.488. The van der Waals surface area contributed by atoms with Crippen LogP contribution in [-0.2, 0) is 10.0 Å². The molecule has 1 saturated carbocycles. The summed E-state index contributed by atoms with van der Waals surface area (Å²) in [7, 11) is -0.988. The Kier molecular flexibility index (Phi) is 6.15. The van der Waals surface area contributed by atoms with Crippen molar-refractivity contribution in [1.82, 2.24) is 34.7 Å². The summed E-state index contributed by atoms with van der Waals surface area (Å²) in [6.07, 6.45) is 6.47. The first-order valence-electron chi connectivity index (χ1n) is 10.5. The molecular formula is C20H26N8O4S. The summed E-state index contributed by atoms with van der Waals surface area (Å²) in [6, 6.07) is 0. The van der Waals surface area contributed by atoms with E-state index in [0.717, 1.165) is 18.4 Å². The van der Waals surface area contributed by atoms with E-state index in [2.05, 4.69) is 34.9 Å². The SMILES string of the molecule is COc1ncnc(OC)c1-n1c(NS(=O)(=O)C(C)C(C)c2ncc(C)cn2)nnc1C1CC1. The zero-order valence-electron chi connectivity index (χ0n) is 19.1. The predicted octanol–water partition coefficient (Wildman–Crippen LogP) is 1.98. The van der Waals surface area contributed by atoms with E-state index < -0.39 is 21.2 Å². The summed E-state index contributed by atoms with van der Waals surface area (Å²) in [5, 5.41) is 7.54. The normalized spacial score (nSPS) is 15.7. The number of hydrogen-bond donors (Lipinski definition) is 1. The molecule has 3 aromatic rings. The average molecular weight is 475 g/mol. The lowest BCUT2D eigenvalue weighted by Crippen LogP contribution is -2.31. The van der Waals surface area contributed by atoms with Crippen LogP contribution in [0.1, 0.15) is 55.7 Å². The second-order valence-electron chi connectivity index (χ2n) is 7.99. The molecule has 0 aliphatic heterocycles. The molecule has 0 radical (unpaired) electrons. The van der Waals surface area contributed by atoms with Gasteiger partial charge in [0.1, 0.15) is 18.0 Å². The molecule has 0 spiro atoms. The number of anilines is 1. The Hall–Kier alpha value is -3.35. The minimum absolute atomic E-state index is 0.00664. The van der Waals surface area contributed by atoms with Gasteiger partial charge in [-0.15, -0.1) is 10.2 Å². The molecule has 1 aliphatic rings. The molecule has 33 heavy (non-hydrogen) atoms. The molecule has 1 fully saturated rings. The number of nitrogens with one attached hydrogen (secondary N) is 1. The van der Waals surface area contributed by atoms with Crippen LogP contribution in [0.25, 0.3) is 5.69 Å². The molecule has 3 aromatic heterocycles. The van der Waals surface area contributed by atoms with E-state index in [9.17, 15) is 8.42 Å². The molecule has 13 heteroatoms. The van der Waals surface area contributed by atoms with Crippen LogP contribution < -0.4 is 14.2 Å². The molecule has 0 amide bonds. The Balaban J connectivity index is 1.73. The fourth-order valence-electron chi connectivity index (χ4n) is 3.36. The molecule has 1 aliphatic carbocycles. The molecule has 0 bridgehead atoms. The highest BCUT2D eigenvalue weighted by molar-refractivity contribution is 7.93. The van der Waals surface area contributed by atoms with Crippen LogP contribution in [0.4, 0.5) is 5.95 Å². The van der Waals surface area contributed by atoms with E-state index in [-0.39, 0.29) is 23.6 Å². The highest BCUT2D eigenvalue weighted by atomic mass is 32.2. The Bertz CT molecular complexity index is 1220. The predicted molar refractivity (Wildman–Crippen MR) is 119 cm³/mol. The summed E-state index contributed by atoms with van der Waals surface area (Å²) < 4.78 is 41.6. The number of rotatable bonds is 9. The highest BCUT2D eigenvalue weighted by Crippen LogP contribution is 2.43. The fourth-order valence-corrected chi connectivity index (χ4v) is 4.59. The third kappa shape index (κ3) is 4.45. The standard InChI is InChI=1S/C20H26N8O4S/c1-11-8-21-16(22-9-11)12(2)13(3)33(29,30)27-20-26-25-17(14-6-7-14)28(20)15-18(31-4)23-10-24-19(15)32-5/h8-10,12-14H,6-7H2,1-5H3,(H,26,27). The van der Waals surface area contributed by atoms with Crippen LogP contribution in [0.2, 0.25) is 0 Å². The van der Waals surface area contributed by atoms with Gasteiger partial charge in [-0.25, -0.2) is 18.4 Å². The van der Waals surface area contributed by atoms with Gasteiger partial charge in [-0.05, 0) is 32.3 Å². The minimum Gasteiger partial charge on any atom is -0.479 e. The van der Waals surface area contributed by atoms with Gasteiger partial charge in [0.25, 0.3) is 0 Å². The van der Waals surface area contributed by atoms with Crippen molar-refractivity contribution >= 4 is 16.0 Å². The zero-order chi connectivity index (χ0) is 23.8. The monoisotopic (exact) mass is 474 g/mol. The number of nitrogens with zero attached hydrogens (tertiary/aromatic N) is 7. The number of hydrogen-bond acceptors (Lipinski definition) is 10. The van der Waals surface area contributed by atoms with Crippen LogP contribution in [0.15, 0.2) is 18.7 Å². The lowest BCUT2D eigenvalue weighted by molar-refractivity contribution is 0.368. The van der Waals surface area contributed by atoms with Gasteiger partial charge >= 0.3 is 0 Å². The van der Waals surface area contributed by atoms with E-state index in [0.29, 0.717) is 17.3 Å². The van der Waals surface area contributed by atoms with Gasteiger partial charge in [0.15, 0.2) is 5.69 Å². The zero-order valence-corrected chi connectivity index (χ0v) is 19.9. The van der Waals surface area contributed by atoms with E-state index in [1.807, 2.05) is 6.92 Å². The van der Waals surface area contributed by atoms with Gasteiger partial charge in [0, 0.05) is 24.2 Å². The minimum atomic E-state index is -3.91. The van der Waals surface area contributed by atoms with Crippen LogP contribution in [0.5, 0.6) is 11.8 Å². The Morgan fingerprint density at radius 2 is 1.64 bits per heavy atom. The third-order valence-corrected chi connectivity index (χ3v) is 7.49. The van der Waals surface area contributed by atoms with Gasteiger partial charge in [-0.1, -0.05) is 6.92 Å². The molecule has 3 heterocycles. The lowest BCUT2D eigenvalue weighted by Gasteiger charge is -2.21. The van der Waals surface area contributed by atoms with Crippen molar-refractivity contribution in [2.24, 2.45) is 0 Å². The maximum Gasteiger partial charge on any atom is 0.245 e. The van der Waals surface area contributed by atoms with Crippen LogP contribution >= 0.6 is 0 Å². The number of aromatic nitrogens is 7. The van der Waals surface area contributed by atoms with Crippen LogP contribution in [-0.4, -0.2) is 62.6 Å². The van der Waals surface area contributed by atoms with Gasteiger partial charge in [0.05, 0.1) is 19.5 Å². The van der Waals surface area contributed by atoms with Crippen molar-refractivity contribution in [3.8, 4) is 17.4 Å². The summed E-state index contributed by atoms with van der Waals surface area (Å²) >= 11 is 0. The number of ether oxygens (including phenoxy) is 2.